The number of aliphatic hydroxyl groups is 1. The first-order valence-corrected chi connectivity index (χ1v) is 9.38. The predicted octanol–water partition coefficient (Wildman–Crippen LogP) is 4.35. The number of carbonyl (C=O) groups excluding carboxylic acids is 1. The molecule has 2 rings (SSSR count). The van der Waals surface area contributed by atoms with E-state index >= 15 is 0 Å². The van der Waals surface area contributed by atoms with E-state index in [4.69, 9.17) is 4.74 Å². The van der Waals surface area contributed by atoms with E-state index < -0.39 is 5.60 Å². The van der Waals surface area contributed by atoms with E-state index in [0.717, 1.165) is 32.4 Å². The summed E-state index contributed by atoms with van der Waals surface area (Å²) in [5.41, 5.74) is -0.973. The van der Waals surface area contributed by atoms with Gasteiger partial charge in [-0.3, -0.25) is 0 Å². The van der Waals surface area contributed by atoms with E-state index in [0.29, 0.717) is 11.8 Å². The zero-order valence-corrected chi connectivity index (χ0v) is 15.4. The van der Waals surface area contributed by atoms with Gasteiger partial charge in [0.15, 0.2) is 0 Å². The van der Waals surface area contributed by atoms with E-state index in [1.807, 2.05) is 18.7 Å². The van der Waals surface area contributed by atoms with Crippen LogP contribution in [0.25, 0.3) is 0 Å². The number of nitrogens with zero attached hydrogens (tertiary/aromatic N) is 1. The lowest BCUT2D eigenvalue weighted by Gasteiger charge is -2.37. The first-order chi connectivity index (χ1) is 10.7. The van der Waals surface area contributed by atoms with Crippen LogP contribution in [0.3, 0.4) is 0 Å². The van der Waals surface area contributed by atoms with Crippen molar-refractivity contribution in [3.8, 4) is 0 Å². The third-order valence-corrected chi connectivity index (χ3v) is 5.65. The highest BCUT2D eigenvalue weighted by atomic mass is 16.6. The largest absolute Gasteiger partial charge is 0.443 e. The Balaban J connectivity index is 1.79. The van der Waals surface area contributed by atoms with Crippen molar-refractivity contribution >= 4 is 6.09 Å². The van der Waals surface area contributed by atoms with Crippen molar-refractivity contribution in [3.05, 3.63) is 0 Å². The Morgan fingerprint density at radius 3 is 2.39 bits per heavy atom. The molecule has 1 heterocycles. The van der Waals surface area contributed by atoms with Crippen LogP contribution in [0.2, 0.25) is 0 Å². The summed E-state index contributed by atoms with van der Waals surface area (Å²) < 4.78 is 5.89. The summed E-state index contributed by atoms with van der Waals surface area (Å²) in [5.74, 6) is 0.987. The molecule has 23 heavy (non-hydrogen) atoms. The number of carbonyl (C=O) groups is 1. The van der Waals surface area contributed by atoms with Gasteiger partial charge in [0.05, 0.1) is 5.60 Å². The van der Waals surface area contributed by atoms with Crippen molar-refractivity contribution in [1.29, 1.82) is 0 Å². The Morgan fingerprint density at radius 1 is 1.13 bits per heavy atom. The fourth-order valence-corrected chi connectivity index (χ4v) is 3.96. The maximum absolute atomic E-state index is 12.5. The van der Waals surface area contributed by atoms with Crippen LogP contribution in [0.5, 0.6) is 0 Å². The molecule has 0 radical (unpaired) electrons. The fraction of sp³-hybridized carbons (Fsp3) is 0.947. The number of likely N-dealkylation sites (tertiary alicyclic amines) is 1. The van der Waals surface area contributed by atoms with Crippen LogP contribution in [-0.2, 0) is 4.74 Å². The van der Waals surface area contributed by atoms with Crippen molar-refractivity contribution in [3.63, 3.8) is 0 Å². The summed E-state index contributed by atoms with van der Waals surface area (Å²) in [5, 5.41) is 9.84. The molecule has 2 fully saturated rings. The number of rotatable bonds is 5. The molecule has 1 aliphatic heterocycles. The average molecular weight is 325 g/mol. The van der Waals surface area contributed by atoms with Gasteiger partial charge in [-0.05, 0) is 71.6 Å². The van der Waals surface area contributed by atoms with Gasteiger partial charge in [-0.25, -0.2) is 4.79 Å². The van der Waals surface area contributed by atoms with Gasteiger partial charge < -0.3 is 14.7 Å². The molecule has 0 bridgehead atoms. The second-order valence-electron chi connectivity index (χ2n) is 8.76. The zero-order valence-electron chi connectivity index (χ0n) is 15.4. The van der Waals surface area contributed by atoms with Gasteiger partial charge in [0.2, 0.25) is 0 Å². The van der Waals surface area contributed by atoms with Crippen molar-refractivity contribution in [1.82, 2.24) is 4.90 Å². The molecule has 1 N–H and O–H groups in total. The highest BCUT2D eigenvalue weighted by Gasteiger charge is 2.37. The standard InChI is InChI=1S/C19H35NO3/c1-18(2,22)12-10-15-11-13-20(14-15)17(21)23-19(3,4)16-8-6-5-7-9-16/h15-16,22H,5-14H2,1-4H3. The number of hydrogen-bond donors (Lipinski definition) is 1. The third-order valence-electron chi connectivity index (χ3n) is 5.65. The second kappa shape index (κ2) is 7.42. The topological polar surface area (TPSA) is 49.8 Å². The molecule has 4 heteroatoms. The van der Waals surface area contributed by atoms with Gasteiger partial charge in [0, 0.05) is 13.1 Å². The molecule has 1 saturated carbocycles. The molecule has 1 saturated heterocycles. The summed E-state index contributed by atoms with van der Waals surface area (Å²) in [6, 6.07) is 0. The van der Waals surface area contributed by atoms with Gasteiger partial charge in [-0.2, -0.15) is 0 Å². The molecular formula is C19H35NO3. The van der Waals surface area contributed by atoms with Crippen LogP contribution in [-0.4, -0.2) is 40.4 Å². The molecule has 134 valence electrons. The van der Waals surface area contributed by atoms with Gasteiger partial charge in [0.1, 0.15) is 5.60 Å². The van der Waals surface area contributed by atoms with Crippen molar-refractivity contribution in [2.45, 2.75) is 90.3 Å². The first-order valence-electron chi connectivity index (χ1n) is 9.38. The number of amides is 1. The summed E-state index contributed by atoms with van der Waals surface area (Å²) in [6.45, 7) is 9.40. The molecular weight excluding hydrogens is 290 g/mol. The Morgan fingerprint density at radius 2 is 1.78 bits per heavy atom. The van der Waals surface area contributed by atoms with Crippen molar-refractivity contribution in [2.75, 3.05) is 13.1 Å². The first kappa shape index (κ1) is 18.6. The minimum atomic E-state index is -0.614. The van der Waals surface area contributed by atoms with Crippen LogP contribution in [0.1, 0.15) is 79.1 Å². The lowest BCUT2D eigenvalue weighted by Crippen LogP contribution is -2.42. The summed E-state index contributed by atoms with van der Waals surface area (Å²) in [7, 11) is 0. The minimum absolute atomic E-state index is 0.147. The molecule has 0 aromatic heterocycles. The zero-order chi connectivity index (χ0) is 17.1. The molecule has 4 nitrogen and oxygen atoms in total. The van der Waals surface area contributed by atoms with Crippen molar-refractivity contribution < 1.29 is 14.6 Å². The Labute approximate surface area is 141 Å². The van der Waals surface area contributed by atoms with E-state index in [1.54, 1.807) is 0 Å². The summed E-state index contributed by atoms with van der Waals surface area (Å²) >= 11 is 0. The number of ether oxygens (including phenoxy) is 1. The van der Waals surface area contributed by atoms with E-state index in [2.05, 4.69) is 13.8 Å². The molecule has 0 aromatic carbocycles. The van der Waals surface area contributed by atoms with Crippen LogP contribution < -0.4 is 0 Å². The fourth-order valence-electron chi connectivity index (χ4n) is 3.96. The molecule has 2 aliphatic rings. The lowest BCUT2D eigenvalue weighted by atomic mass is 9.79. The lowest BCUT2D eigenvalue weighted by molar-refractivity contribution is -0.0327. The normalized spacial score (nSPS) is 24.0. The maximum Gasteiger partial charge on any atom is 0.410 e. The summed E-state index contributed by atoms with van der Waals surface area (Å²) in [4.78, 5) is 14.4. The Bertz CT molecular complexity index is 394. The smallest absolute Gasteiger partial charge is 0.410 e. The minimum Gasteiger partial charge on any atom is -0.443 e. The second-order valence-corrected chi connectivity index (χ2v) is 8.76. The van der Waals surface area contributed by atoms with E-state index in [-0.39, 0.29) is 11.7 Å². The summed E-state index contributed by atoms with van der Waals surface area (Å²) in [6.07, 6.45) is 8.82. The van der Waals surface area contributed by atoms with Gasteiger partial charge in [0.25, 0.3) is 0 Å². The van der Waals surface area contributed by atoms with Crippen molar-refractivity contribution in [2.24, 2.45) is 11.8 Å². The van der Waals surface area contributed by atoms with Gasteiger partial charge in [-0.1, -0.05) is 19.3 Å². The highest BCUT2D eigenvalue weighted by Crippen LogP contribution is 2.35. The predicted molar refractivity (Wildman–Crippen MR) is 92.3 cm³/mol. The molecule has 1 unspecified atom stereocenters. The van der Waals surface area contributed by atoms with Gasteiger partial charge in [-0.15, -0.1) is 0 Å². The quantitative estimate of drug-likeness (QED) is 0.817. The third kappa shape index (κ3) is 5.66. The Hall–Kier alpha value is -0.770. The van der Waals surface area contributed by atoms with Crippen LogP contribution in [0.15, 0.2) is 0 Å². The molecule has 1 aliphatic carbocycles. The van der Waals surface area contributed by atoms with Crippen LogP contribution in [0.4, 0.5) is 4.79 Å². The molecule has 0 spiro atoms. The van der Waals surface area contributed by atoms with E-state index in [1.165, 1.54) is 32.1 Å². The Kier molecular flexibility index (Phi) is 5.99. The molecule has 0 aromatic rings. The van der Waals surface area contributed by atoms with Crippen LogP contribution in [0, 0.1) is 11.8 Å². The SMILES string of the molecule is CC(C)(O)CCC1CCN(C(=O)OC(C)(C)C2CCCCC2)C1. The monoisotopic (exact) mass is 325 g/mol. The van der Waals surface area contributed by atoms with Crippen LogP contribution >= 0.6 is 0 Å². The average Bonchev–Trinajstić information content (AvgIpc) is 2.94. The van der Waals surface area contributed by atoms with Gasteiger partial charge >= 0.3 is 6.09 Å². The van der Waals surface area contributed by atoms with E-state index in [9.17, 15) is 9.90 Å². The maximum atomic E-state index is 12.5. The highest BCUT2D eigenvalue weighted by molar-refractivity contribution is 5.68. The molecule has 1 amide bonds. The molecule has 1 atom stereocenters. The number of hydrogen-bond acceptors (Lipinski definition) is 3.